The third kappa shape index (κ3) is 9.40. The largest absolute Gasteiger partial charge is 0.418 e. The first-order chi connectivity index (χ1) is 22.1. The van der Waals surface area contributed by atoms with Crippen molar-refractivity contribution < 1.29 is 63.3 Å². The lowest BCUT2D eigenvalue weighted by molar-refractivity contribution is -0.143. The highest BCUT2D eigenvalue weighted by Gasteiger charge is 2.50. The number of fused-ring (bicyclic) bond motifs is 4. The number of amides is 8. The van der Waals surface area contributed by atoms with Crippen LogP contribution in [0.1, 0.15) is 66.7 Å². The molecule has 48 heavy (non-hydrogen) atoms. The minimum absolute atomic E-state index is 0.0830. The Morgan fingerprint density at radius 3 is 1.60 bits per heavy atom. The highest BCUT2D eigenvalue weighted by molar-refractivity contribution is 7.81. The van der Waals surface area contributed by atoms with Crippen LogP contribution in [0.3, 0.4) is 0 Å². The molecule has 4 heterocycles. The third-order valence-electron chi connectivity index (χ3n) is 7.75. The number of piperidine rings is 2. The molecule has 4 fully saturated rings. The summed E-state index contributed by atoms with van der Waals surface area (Å²) in [5, 5.41) is 2.29. The van der Waals surface area contributed by atoms with Crippen molar-refractivity contribution in [2.75, 3.05) is 19.6 Å². The van der Waals surface area contributed by atoms with Crippen LogP contribution in [0.4, 0.5) is 9.59 Å². The molecule has 272 valence electrons. The Morgan fingerprint density at radius 2 is 1.23 bits per heavy atom. The lowest BCUT2D eigenvalue weighted by atomic mass is 9.96. The number of hydroxylamine groups is 4. The SMILES string of the molecule is CC(C)(C)C(=O)NNC(=O)[C@@H]1CC[C@@H]2CN1C(=O)N2OS(=O)(=O)O.CCC(=O)N(CC)NC(=O)[C@@H]1CC[C@@H]2CN1C(=O)N2OS(=O)(=O)O. The van der Waals surface area contributed by atoms with Crippen LogP contribution < -0.4 is 16.3 Å². The second-order valence-corrected chi connectivity index (χ2v) is 14.2. The van der Waals surface area contributed by atoms with Crippen molar-refractivity contribution in [3.8, 4) is 0 Å². The van der Waals surface area contributed by atoms with Gasteiger partial charge in [0.25, 0.3) is 11.8 Å². The van der Waals surface area contributed by atoms with Gasteiger partial charge in [0, 0.05) is 31.5 Å². The third-order valence-corrected chi connectivity index (χ3v) is 8.44. The smallest absolute Gasteiger partial charge is 0.309 e. The van der Waals surface area contributed by atoms with Gasteiger partial charge >= 0.3 is 32.9 Å². The molecule has 22 nitrogen and oxygen atoms in total. The Bertz CT molecular complexity index is 1520. The molecule has 8 amide bonds. The van der Waals surface area contributed by atoms with Gasteiger partial charge in [0.05, 0.1) is 12.1 Å². The number of hydrazine groups is 2. The second kappa shape index (κ2) is 14.7. The standard InChI is InChI=1S/2C12H20N4O7S/c1-12(2,3)10(18)14-13-9(17)8-5-4-7-6-15(8)11(19)16(7)23-24(20,21)22;1-3-10(17)15(4-2)13-11(18)9-6-5-8-7-14(9)12(19)16(8)23-24(20,21)22/h7-8H,4-6H2,1-3H3,(H,13,17)(H,14,18)(H,20,21,22);8-9H,3-7H2,1-2H3,(H,13,18)(H,20,21,22)/t7-,8+;8-,9+/m11/s1. The van der Waals surface area contributed by atoms with Crippen LogP contribution in [0.2, 0.25) is 0 Å². The van der Waals surface area contributed by atoms with Gasteiger partial charge in [-0.25, -0.2) is 9.59 Å². The zero-order chi connectivity index (χ0) is 36.4. The minimum atomic E-state index is -4.83. The molecule has 0 aromatic heterocycles. The number of hydrogen-bond acceptors (Lipinski definition) is 12. The highest BCUT2D eigenvalue weighted by atomic mass is 32.3. The maximum Gasteiger partial charge on any atom is 0.418 e. The van der Waals surface area contributed by atoms with Gasteiger partial charge in [-0.3, -0.25) is 49.6 Å². The fraction of sp³-hybridized carbons (Fsp3) is 0.750. The fourth-order valence-electron chi connectivity index (χ4n) is 5.31. The van der Waals surface area contributed by atoms with E-state index in [0.29, 0.717) is 23.0 Å². The van der Waals surface area contributed by atoms with Gasteiger partial charge in [-0.2, -0.15) is 27.0 Å². The van der Waals surface area contributed by atoms with Crippen LogP contribution in [0.25, 0.3) is 0 Å². The lowest BCUT2D eigenvalue weighted by Crippen LogP contribution is -2.55. The van der Waals surface area contributed by atoms with Gasteiger partial charge in [0.15, 0.2) is 0 Å². The van der Waals surface area contributed by atoms with E-state index >= 15 is 0 Å². The van der Waals surface area contributed by atoms with Crippen LogP contribution in [0, 0.1) is 5.41 Å². The summed E-state index contributed by atoms with van der Waals surface area (Å²) in [6, 6.07) is -4.51. The van der Waals surface area contributed by atoms with Crippen molar-refractivity contribution in [3.05, 3.63) is 0 Å². The molecule has 4 saturated heterocycles. The first-order valence-corrected chi connectivity index (χ1v) is 17.6. The van der Waals surface area contributed by atoms with Gasteiger partial charge in [-0.15, -0.1) is 8.57 Å². The molecule has 0 saturated carbocycles. The lowest BCUT2D eigenvalue weighted by Gasteiger charge is -2.31. The normalized spacial score (nSPS) is 23.7. The Kier molecular flexibility index (Phi) is 11.8. The molecule has 0 radical (unpaired) electrons. The zero-order valence-corrected chi connectivity index (χ0v) is 28.4. The Morgan fingerprint density at radius 1 is 0.792 bits per heavy atom. The average Bonchev–Trinajstić information content (AvgIpc) is 3.35. The summed E-state index contributed by atoms with van der Waals surface area (Å²) in [5.41, 5.74) is 6.33. The molecule has 5 N–H and O–H groups in total. The molecule has 4 aliphatic rings. The maximum absolute atomic E-state index is 12.4. The number of urea groups is 2. The van der Waals surface area contributed by atoms with Crippen molar-refractivity contribution in [1.82, 2.24) is 41.2 Å². The van der Waals surface area contributed by atoms with Crippen molar-refractivity contribution >= 4 is 56.5 Å². The number of carbonyl (C=O) groups is 6. The summed E-state index contributed by atoms with van der Waals surface area (Å²) in [6.45, 7) is 8.85. The Labute approximate surface area is 276 Å². The molecular formula is C24H40N8O14S2. The molecule has 4 aliphatic heterocycles. The molecule has 4 bridgehead atoms. The van der Waals surface area contributed by atoms with E-state index in [1.165, 1.54) is 9.91 Å². The summed E-state index contributed by atoms with van der Waals surface area (Å²) in [6.07, 6.45) is 1.40. The van der Waals surface area contributed by atoms with E-state index in [4.69, 9.17) is 9.11 Å². The van der Waals surface area contributed by atoms with E-state index in [0.717, 1.165) is 4.90 Å². The van der Waals surface area contributed by atoms with Gasteiger partial charge in [-0.05, 0) is 32.6 Å². The second-order valence-electron chi connectivity index (χ2n) is 12.2. The van der Waals surface area contributed by atoms with Crippen LogP contribution in [0.15, 0.2) is 0 Å². The first-order valence-electron chi connectivity index (χ1n) is 14.8. The maximum atomic E-state index is 12.4. The van der Waals surface area contributed by atoms with E-state index in [-0.39, 0.29) is 44.8 Å². The van der Waals surface area contributed by atoms with Crippen molar-refractivity contribution in [1.29, 1.82) is 0 Å². The zero-order valence-electron chi connectivity index (χ0n) is 26.8. The summed E-state index contributed by atoms with van der Waals surface area (Å²) in [4.78, 5) is 74.7. The van der Waals surface area contributed by atoms with Gasteiger partial charge in [0.1, 0.15) is 12.1 Å². The number of nitrogens with zero attached hydrogens (tertiary/aromatic N) is 5. The van der Waals surface area contributed by atoms with Crippen LogP contribution >= 0.6 is 0 Å². The van der Waals surface area contributed by atoms with Crippen LogP contribution in [-0.4, -0.2) is 130 Å². The van der Waals surface area contributed by atoms with Gasteiger partial charge in [-0.1, -0.05) is 27.7 Å². The summed E-state index contributed by atoms with van der Waals surface area (Å²) < 4.78 is 69.3. The average molecular weight is 729 g/mol. The molecule has 0 spiro atoms. The van der Waals surface area contributed by atoms with Crippen LogP contribution in [-0.2, 0) is 48.5 Å². The summed E-state index contributed by atoms with van der Waals surface area (Å²) in [7, 11) is -9.66. The van der Waals surface area contributed by atoms with E-state index in [9.17, 15) is 45.6 Å². The van der Waals surface area contributed by atoms with E-state index in [1.54, 1.807) is 34.6 Å². The molecule has 0 aromatic carbocycles. The summed E-state index contributed by atoms with van der Waals surface area (Å²) >= 11 is 0. The van der Waals surface area contributed by atoms with E-state index in [1.807, 2.05) is 0 Å². The molecule has 4 rings (SSSR count). The molecular weight excluding hydrogens is 688 g/mol. The van der Waals surface area contributed by atoms with Crippen LogP contribution in [0.5, 0.6) is 0 Å². The molecule has 24 heteroatoms. The Balaban J connectivity index is 0.000000260. The molecule has 0 aromatic rings. The van der Waals surface area contributed by atoms with Gasteiger partial charge in [0.2, 0.25) is 11.8 Å². The number of hydrogen-bond donors (Lipinski definition) is 5. The highest BCUT2D eigenvalue weighted by Crippen LogP contribution is 2.32. The monoisotopic (exact) mass is 728 g/mol. The van der Waals surface area contributed by atoms with Crippen molar-refractivity contribution in [3.63, 3.8) is 0 Å². The van der Waals surface area contributed by atoms with E-state index in [2.05, 4.69) is 24.8 Å². The minimum Gasteiger partial charge on any atom is -0.309 e. The van der Waals surface area contributed by atoms with Crippen molar-refractivity contribution in [2.24, 2.45) is 5.41 Å². The number of nitrogens with one attached hydrogen (secondary N) is 3. The fourth-order valence-corrected chi connectivity index (χ4v) is 6.09. The first kappa shape index (κ1) is 38.6. The predicted octanol–water partition coefficient (Wildman–Crippen LogP) is -1.54. The molecule has 4 atom stereocenters. The number of carbonyl (C=O) groups excluding carboxylic acids is 6. The van der Waals surface area contributed by atoms with Crippen molar-refractivity contribution in [2.45, 2.75) is 90.9 Å². The quantitative estimate of drug-likeness (QED) is 0.140. The predicted molar refractivity (Wildman–Crippen MR) is 158 cm³/mol. The molecule has 0 aliphatic carbocycles. The van der Waals surface area contributed by atoms with Gasteiger partial charge < -0.3 is 9.80 Å². The topological polar surface area (TPSA) is 282 Å². The Hall–Kier alpha value is -3.84. The summed E-state index contributed by atoms with van der Waals surface area (Å²) in [5.74, 6) is -1.77. The molecule has 0 unspecified atom stereocenters. The number of rotatable bonds is 8. The van der Waals surface area contributed by atoms with E-state index < -0.39 is 80.2 Å².